The Balaban J connectivity index is 2.14. The maximum atomic E-state index is 13.1. The summed E-state index contributed by atoms with van der Waals surface area (Å²) < 4.78 is 45.1. The second-order valence-electron chi connectivity index (χ2n) is 5.15. The average Bonchev–Trinajstić information content (AvgIpc) is 2.74. The van der Waals surface area contributed by atoms with E-state index in [0.717, 1.165) is 12.1 Å². The van der Waals surface area contributed by atoms with Gasteiger partial charge in [-0.1, -0.05) is 0 Å². The largest absolute Gasteiger partial charge is 0.466 e. The number of aliphatic hydroxyl groups excluding tert-OH is 1. The van der Waals surface area contributed by atoms with Gasteiger partial charge in [0.1, 0.15) is 17.3 Å². The molecule has 7 heteroatoms. The molecule has 0 saturated carbocycles. The normalized spacial score (nSPS) is 13.3. The standard InChI is InChI=1S/C15H18FNO4S/c1-9-6-12(16)4-5-15(9)22(19,20)17-8-14(18)13-7-10(2)21-11(13)3/h4-7,14,17-18H,8H2,1-3H3. The molecule has 22 heavy (non-hydrogen) atoms. The Morgan fingerprint density at radius 2 is 1.95 bits per heavy atom. The SMILES string of the molecule is Cc1cc(C(O)CNS(=O)(=O)c2ccc(F)cc2C)c(C)o1. The summed E-state index contributed by atoms with van der Waals surface area (Å²) >= 11 is 0. The van der Waals surface area contributed by atoms with Gasteiger partial charge in [-0.3, -0.25) is 0 Å². The summed E-state index contributed by atoms with van der Waals surface area (Å²) in [7, 11) is -3.82. The number of hydrogen-bond donors (Lipinski definition) is 2. The van der Waals surface area contributed by atoms with Crippen molar-refractivity contribution in [1.82, 2.24) is 4.72 Å². The van der Waals surface area contributed by atoms with Gasteiger partial charge in [0.2, 0.25) is 10.0 Å². The molecule has 0 saturated heterocycles. The van der Waals surface area contributed by atoms with Gasteiger partial charge < -0.3 is 9.52 Å². The van der Waals surface area contributed by atoms with Crippen LogP contribution in [0.15, 0.2) is 33.6 Å². The molecule has 0 aliphatic carbocycles. The molecule has 2 rings (SSSR count). The van der Waals surface area contributed by atoms with Gasteiger partial charge >= 0.3 is 0 Å². The highest BCUT2D eigenvalue weighted by atomic mass is 32.2. The van der Waals surface area contributed by atoms with E-state index < -0.39 is 21.9 Å². The van der Waals surface area contributed by atoms with Crippen LogP contribution in [0.2, 0.25) is 0 Å². The van der Waals surface area contributed by atoms with Gasteiger partial charge in [-0.05, 0) is 50.6 Å². The Morgan fingerprint density at radius 3 is 2.50 bits per heavy atom. The Labute approximate surface area is 128 Å². The number of nitrogens with one attached hydrogen (secondary N) is 1. The number of sulfonamides is 1. The zero-order valence-corrected chi connectivity index (χ0v) is 13.4. The molecule has 0 amide bonds. The van der Waals surface area contributed by atoms with Crippen molar-refractivity contribution in [3.63, 3.8) is 0 Å². The zero-order chi connectivity index (χ0) is 16.5. The number of aliphatic hydroxyl groups is 1. The predicted molar refractivity (Wildman–Crippen MR) is 79.5 cm³/mol. The molecule has 0 bridgehead atoms. The third-order valence-corrected chi connectivity index (χ3v) is 4.92. The second kappa shape index (κ2) is 6.20. The first-order valence-electron chi connectivity index (χ1n) is 6.71. The first-order valence-corrected chi connectivity index (χ1v) is 8.20. The fourth-order valence-electron chi connectivity index (χ4n) is 2.27. The molecule has 0 radical (unpaired) electrons. The van der Waals surface area contributed by atoms with Crippen LogP contribution in [0.4, 0.5) is 4.39 Å². The van der Waals surface area contributed by atoms with Crippen LogP contribution in [-0.2, 0) is 10.0 Å². The lowest BCUT2D eigenvalue weighted by molar-refractivity contribution is 0.180. The molecule has 0 fully saturated rings. The molecule has 0 spiro atoms. The topological polar surface area (TPSA) is 79.5 Å². The van der Waals surface area contributed by atoms with Crippen molar-refractivity contribution in [2.24, 2.45) is 0 Å². The fraction of sp³-hybridized carbons (Fsp3) is 0.333. The fourth-order valence-corrected chi connectivity index (χ4v) is 3.53. The molecule has 1 aromatic heterocycles. The van der Waals surface area contributed by atoms with Crippen molar-refractivity contribution in [1.29, 1.82) is 0 Å². The van der Waals surface area contributed by atoms with E-state index in [-0.39, 0.29) is 11.4 Å². The minimum atomic E-state index is -3.82. The van der Waals surface area contributed by atoms with E-state index in [2.05, 4.69) is 4.72 Å². The van der Waals surface area contributed by atoms with E-state index >= 15 is 0 Å². The third-order valence-electron chi connectivity index (χ3n) is 3.33. The van der Waals surface area contributed by atoms with Crippen LogP contribution in [0, 0.1) is 26.6 Å². The molecular weight excluding hydrogens is 309 g/mol. The lowest BCUT2D eigenvalue weighted by atomic mass is 10.1. The van der Waals surface area contributed by atoms with E-state index in [9.17, 15) is 17.9 Å². The van der Waals surface area contributed by atoms with Crippen molar-refractivity contribution in [2.75, 3.05) is 6.54 Å². The number of furan rings is 1. The molecule has 2 N–H and O–H groups in total. The number of halogens is 1. The minimum absolute atomic E-state index is 0.0128. The third kappa shape index (κ3) is 3.55. The maximum Gasteiger partial charge on any atom is 0.240 e. The molecule has 1 atom stereocenters. The smallest absolute Gasteiger partial charge is 0.240 e. The van der Waals surface area contributed by atoms with Crippen LogP contribution < -0.4 is 4.72 Å². The average molecular weight is 327 g/mol. The van der Waals surface area contributed by atoms with Gasteiger partial charge in [-0.2, -0.15) is 0 Å². The van der Waals surface area contributed by atoms with Crippen LogP contribution in [0.1, 0.15) is 28.8 Å². The monoisotopic (exact) mass is 327 g/mol. The van der Waals surface area contributed by atoms with E-state index in [1.807, 2.05) is 0 Å². The Bertz CT molecular complexity index is 783. The summed E-state index contributed by atoms with van der Waals surface area (Å²) in [6.45, 7) is 4.76. The van der Waals surface area contributed by atoms with Crippen LogP contribution in [0.25, 0.3) is 0 Å². The molecule has 2 aromatic rings. The summed E-state index contributed by atoms with van der Waals surface area (Å²) in [4.78, 5) is -0.0128. The zero-order valence-electron chi connectivity index (χ0n) is 12.6. The van der Waals surface area contributed by atoms with Crippen LogP contribution in [0.5, 0.6) is 0 Å². The van der Waals surface area contributed by atoms with Crippen LogP contribution >= 0.6 is 0 Å². The van der Waals surface area contributed by atoms with Crippen molar-refractivity contribution < 1.29 is 22.3 Å². The lowest BCUT2D eigenvalue weighted by Gasteiger charge is -2.13. The van der Waals surface area contributed by atoms with E-state index in [1.54, 1.807) is 19.9 Å². The van der Waals surface area contributed by atoms with Crippen molar-refractivity contribution in [2.45, 2.75) is 31.8 Å². The highest BCUT2D eigenvalue weighted by molar-refractivity contribution is 7.89. The summed E-state index contributed by atoms with van der Waals surface area (Å²) in [5.41, 5.74) is 0.841. The van der Waals surface area contributed by atoms with Crippen molar-refractivity contribution >= 4 is 10.0 Å². The number of aryl methyl sites for hydroxylation is 3. The molecule has 1 unspecified atom stereocenters. The molecule has 5 nitrogen and oxygen atoms in total. The quantitative estimate of drug-likeness (QED) is 0.883. The van der Waals surface area contributed by atoms with E-state index in [1.165, 1.54) is 13.0 Å². The lowest BCUT2D eigenvalue weighted by Crippen LogP contribution is -2.29. The van der Waals surface area contributed by atoms with E-state index in [0.29, 0.717) is 22.6 Å². The number of hydrogen-bond acceptors (Lipinski definition) is 4. The summed E-state index contributed by atoms with van der Waals surface area (Å²) in [5, 5.41) is 10.1. The van der Waals surface area contributed by atoms with Crippen LogP contribution in [0.3, 0.4) is 0 Å². The van der Waals surface area contributed by atoms with Crippen molar-refractivity contribution in [3.8, 4) is 0 Å². The summed E-state index contributed by atoms with van der Waals surface area (Å²) in [5.74, 6) is 0.687. The van der Waals surface area contributed by atoms with Gasteiger partial charge in [0.15, 0.2) is 0 Å². The molecule has 1 aromatic carbocycles. The van der Waals surface area contributed by atoms with Crippen molar-refractivity contribution in [3.05, 3.63) is 52.7 Å². The van der Waals surface area contributed by atoms with Gasteiger partial charge in [-0.25, -0.2) is 17.5 Å². The van der Waals surface area contributed by atoms with E-state index in [4.69, 9.17) is 4.42 Å². The molecule has 0 aliphatic heterocycles. The highest BCUT2D eigenvalue weighted by Crippen LogP contribution is 2.22. The Kier molecular flexibility index (Phi) is 4.69. The number of rotatable bonds is 5. The Hall–Kier alpha value is -1.70. The van der Waals surface area contributed by atoms with Gasteiger partial charge in [0, 0.05) is 12.1 Å². The first-order chi connectivity index (χ1) is 10.2. The maximum absolute atomic E-state index is 13.1. The van der Waals surface area contributed by atoms with Gasteiger partial charge in [0.05, 0.1) is 11.0 Å². The molecular formula is C15H18FNO4S. The number of benzene rings is 1. The Morgan fingerprint density at radius 1 is 1.27 bits per heavy atom. The van der Waals surface area contributed by atoms with Gasteiger partial charge in [0.25, 0.3) is 0 Å². The summed E-state index contributed by atoms with van der Waals surface area (Å²) in [6, 6.07) is 5.10. The molecule has 1 heterocycles. The minimum Gasteiger partial charge on any atom is -0.466 e. The second-order valence-corrected chi connectivity index (χ2v) is 6.88. The van der Waals surface area contributed by atoms with Gasteiger partial charge in [-0.15, -0.1) is 0 Å². The predicted octanol–water partition coefficient (Wildman–Crippen LogP) is 2.36. The molecule has 120 valence electrons. The highest BCUT2D eigenvalue weighted by Gasteiger charge is 2.21. The van der Waals surface area contributed by atoms with Crippen LogP contribution in [-0.4, -0.2) is 20.1 Å². The first kappa shape index (κ1) is 16.7. The summed E-state index contributed by atoms with van der Waals surface area (Å²) in [6.07, 6.45) is -1.02. The molecule has 0 aliphatic rings.